The smallest absolute Gasteiger partial charge is 0.277 e. The van der Waals surface area contributed by atoms with Gasteiger partial charge in [-0.25, -0.2) is 9.50 Å². The minimum absolute atomic E-state index is 0.0309. The summed E-state index contributed by atoms with van der Waals surface area (Å²) in [5, 5.41) is 3.34. The molecule has 0 bridgehead atoms. The number of piperidine rings is 1. The molecule has 1 amide bonds. The maximum Gasteiger partial charge on any atom is 0.277 e. The van der Waals surface area contributed by atoms with Crippen LogP contribution in [0.4, 0.5) is 0 Å². The van der Waals surface area contributed by atoms with Crippen LogP contribution in [-0.4, -0.2) is 68.7 Å². The standard InChI is InChI=1S/C24H35N5O3/c1-16(2)28-12-9-20-19(15-28)24(31)29-22(25-20)14-21(26-29)17-7-10-27(11-8-17)23(30)6-5-18-4-3-13-32-18/h14,16-18,26H,3-13,15H2,1-2H3/t18-/m0/s1. The van der Waals surface area contributed by atoms with Crippen LogP contribution in [0.2, 0.25) is 0 Å². The fraction of sp³-hybridized carbons (Fsp3) is 0.708. The third kappa shape index (κ3) is 4.22. The van der Waals surface area contributed by atoms with E-state index in [4.69, 9.17) is 9.72 Å². The van der Waals surface area contributed by atoms with Crippen molar-refractivity contribution in [3.63, 3.8) is 0 Å². The first-order valence-electron chi connectivity index (χ1n) is 12.3. The van der Waals surface area contributed by atoms with E-state index in [1.807, 2.05) is 11.0 Å². The highest BCUT2D eigenvalue weighted by atomic mass is 16.5. The monoisotopic (exact) mass is 441 g/mol. The highest BCUT2D eigenvalue weighted by Gasteiger charge is 2.28. The molecule has 2 aromatic rings. The molecule has 2 saturated heterocycles. The molecule has 2 aromatic heterocycles. The molecule has 32 heavy (non-hydrogen) atoms. The van der Waals surface area contributed by atoms with Crippen molar-refractivity contribution in [3.8, 4) is 0 Å². The number of carbonyl (C=O) groups is 1. The van der Waals surface area contributed by atoms with Gasteiger partial charge in [0.1, 0.15) is 0 Å². The quantitative estimate of drug-likeness (QED) is 0.771. The summed E-state index contributed by atoms with van der Waals surface area (Å²) in [5.74, 6) is 0.568. The molecule has 174 valence electrons. The molecule has 0 radical (unpaired) electrons. The third-order valence-electron chi connectivity index (χ3n) is 7.53. The second kappa shape index (κ2) is 8.98. The second-order valence-corrected chi connectivity index (χ2v) is 9.89. The van der Waals surface area contributed by atoms with E-state index in [1.54, 1.807) is 4.52 Å². The Labute approximate surface area is 188 Å². The second-order valence-electron chi connectivity index (χ2n) is 9.89. The number of rotatable bonds is 5. The molecule has 1 atom stereocenters. The average Bonchev–Trinajstić information content (AvgIpc) is 3.47. The van der Waals surface area contributed by atoms with Gasteiger partial charge in [-0.2, -0.15) is 0 Å². The topological polar surface area (TPSA) is 82.9 Å². The fourth-order valence-electron chi connectivity index (χ4n) is 5.43. The highest BCUT2D eigenvalue weighted by Crippen LogP contribution is 2.28. The van der Waals surface area contributed by atoms with Crippen molar-refractivity contribution in [2.75, 3.05) is 26.2 Å². The van der Waals surface area contributed by atoms with Crippen LogP contribution in [0, 0.1) is 0 Å². The maximum absolute atomic E-state index is 13.2. The number of hydrogen-bond acceptors (Lipinski definition) is 5. The van der Waals surface area contributed by atoms with Crippen molar-refractivity contribution in [2.45, 2.75) is 83.4 Å². The highest BCUT2D eigenvalue weighted by molar-refractivity contribution is 5.76. The van der Waals surface area contributed by atoms with Crippen LogP contribution in [-0.2, 0) is 22.5 Å². The molecule has 8 heteroatoms. The van der Waals surface area contributed by atoms with Gasteiger partial charge in [0.25, 0.3) is 5.56 Å². The van der Waals surface area contributed by atoms with Crippen molar-refractivity contribution in [1.29, 1.82) is 0 Å². The van der Waals surface area contributed by atoms with Crippen LogP contribution in [0.5, 0.6) is 0 Å². The number of amides is 1. The van der Waals surface area contributed by atoms with Crippen LogP contribution in [0.15, 0.2) is 10.9 Å². The Bertz CT molecular complexity index is 1030. The van der Waals surface area contributed by atoms with Crippen molar-refractivity contribution in [1.82, 2.24) is 24.4 Å². The Hall–Kier alpha value is -2.19. The van der Waals surface area contributed by atoms with Crippen molar-refractivity contribution in [2.24, 2.45) is 0 Å². The number of ether oxygens (including phenoxy) is 1. The summed E-state index contributed by atoms with van der Waals surface area (Å²) in [5.41, 5.74) is 3.58. The molecule has 0 unspecified atom stereocenters. The summed E-state index contributed by atoms with van der Waals surface area (Å²) in [4.78, 5) is 34.9. The van der Waals surface area contributed by atoms with E-state index in [2.05, 4.69) is 23.8 Å². The largest absolute Gasteiger partial charge is 0.378 e. The molecule has 8 nitrogen and oxygen atoms in total. The minimum atomic E-state index is 0.0309. The lowest BCUT2D eigenvalue weighted by atomic mass is 9.93. The summed E-state index contributed by atoms with van der Waals surface area (Å²) in [6, 6.07) is 2.46. The zero-order chi connectivity index (χ0) is 22.2. The predicted octanol–water partition coefficient (Wildman–Crippen LogP) is 2.45. The van der Waals surface area contributed by atoms with Gasteiger partial charge in [-0.15, -0.1) is 0 Å². The number of H-pyrrole nitrogens is 1. The summed E-state index contributed by atoms with van der Waals surface area (Å²) in [7, 11) is 0. The molecule has 0 aliphatic carbocycles. The number of likely N-dealkylation sites (tertiary alicyclic amines) is 1. The van der Waals surface area contributed by atoms with E-state index in [0.717, 1.165) is 87.4 Å². The normalized spacial score (nSPS) is 22.7. The van der Waals surface area contributed by atoms with Crippen molar-refractivity contribution < 1.29 is 9.53 Å². The lowest BCUT2D eigenvalue weighted by Gasteiger charge is -2.31. The van der Waals surface area contributed by atoms with E-state index in [0.29, 0.717) is 24.9 Å². The van der Waals surface area contributed by atoms with E-state index >= 15 is 0 Å². The average molecular weight is 442 g/mol. The lowest BCUT2D eigenvalue weighted by Crippen LogP contribution is -2.40. The van der Waals surface area contributed by atoms with Crippen LogP contribution < -0.4 is 5.56 Å². The first-order chi connectivity index (χ1) is 15.5. The van der Waals surface area contributed by atoms with Crippen LogP contribution in [0.25, 0.3) is 5.65 Å². The van der Waals surface area contributed by atoms with Crippen molar-refractivity contribution >= 4 is 11.6 Å². The van der Waals surface area contributed by atoms with Gasteiger partial charge in [-0.1, -0.05) is 0 Å². The molecule has 5 heterocycles. The van der Waals surface area contributed by atoms with E-state index in [9.17, 15) is 9.59 Å². The number of nitrogens with one attached hydrogen (secondary N) is 1. The minimum Gasteiger partial charge on any atom is -0.378 e. The van der Waals surface area contributed by atoms with Gasteiger partial charge >= 0.3 is 0 Å². The van der Waals surface area contributed by atoms with Crippen LogP contribution in [0.1, 0.15) is 75.2 Å². The zero-order valence-corrected chi connectivity index (χ0v) is 19.3. The number of fused-ring (bicyclic) bond motifs is 2. The molecular weight excluding hydrogens is 406 g/mol. The van der Waals surface area contributed by atoms with Crippen molar-refractivity contribution in [3.05, 3.63) is 33.4 Å². The van der Waals surface area contributed by atoms with Gasteiger partial charge in [0.05, 0.1) is 17.4 Å². The molecule has 0 aromatic carbocycles. The summed E-state index contributed by atoms with van der Waals surface area (Å²) >= 11 is 0. The fourth-order valence-corrected chi connectivity index (χ4v) is 5.43. The first-order valence-corrected chi connectivity index (χ1v) is 12.3. The molecule has 0 saturated carbocycles. The number of aromatic nitrogens is 3. The number of nitrogens with zero attached hydrogens (tertiary/aromatic N) is 4. The number of hydrogen-bond donors (Lipinski definition) is 1. The van der Waals surface area contributed by atoms with E-state index in [-0.39, 0.29) is 17.6 Å². The van der Waals surface area contributed by atoms with Gasteiger partial charge in [0.15, 0.2) is 5.65 Å². The van der Waals surface area contributed by atoms with Crippen LogP contribution in [0.3, 0.4) is 0 Å². The van der Waals surface area contributed by atoms with E-state index in [1.165, 1.54) is 0 Å². The Morgan fingerprint density at radius 1 is 1.25 bits per heavy atom. The Morgan fingerprint density at radius 2 is 2.06 bits per heavy atom. The number of carbonyl (C=O) groups excluding carboxylic acids is 1. The Balaban J connectivity index is 1.24. The van der Waals surface area contributed by atoms with Gasteiger partial charge in [0, 0.05) is 69.3 Å². The number of aromatic amines is 1. The summed E-state index contributed by atoms with van der Waals surface area (Å²) < 4.78 is 7.27. The first kappa shape index (κ1) is 21.6. The van der Waals surface area contributed by atoms with E-state index < -0.39 is 0 Å². The third-order valence-corrected chi connectivity index (χ3v) is 7.53. The molecule has 5 rings (SSSR count). The molecular formula is C24H35N5O3. The predicted molar refractivity (Wildman–Crippen MR) is 122 cm³/mol. The molecule has 0 spiro atoms. The van der Waals surface area contributed by atoms with Gasteiger partial charge in [-0.05, 0) is 46.0 Å². The molecule has 2 fully saturated rings. The SMILES string of the molecule is CC(C)N1CCc2nc3cc(C4CCN(C(=O)CC[C@@H]5CCCO5)CC4)[nH]n3c(=O)c2C1. The molecule has 3 aliphatic rings. The molecule has 1 N–H and O–H groups in total. The summed E-state index contributed by atoms with van der Waals surface area (Å²) in [6.45, 7) is 8.33. The van der Waals surface area contributed by atoms with Gasteiger partial charge in [0.2, 0.25) is 5.91 Å². The Kier molecular flexibility index (Phi) is 6.07. The maximum atomic E-state index is 13.2. The van der Waals surface area contributed by atoms with Crippen LogP contribution >= 0.6 is 0 Å². The zero-order valence-electron chi connectivity index (χ0n) is 19.3. The van der Waals surface area contributed by atoms with Gasteiger partial charge < -0.3 is 9.64 Å². The van der Waals surface area contributed by atoms with Gasteiger partial charge in [-0.3, -0.25) is 19.6 Å². The lowest BCUT2D eigenvalue weighted by molar-refractivity contribution is -0.132. The Morgan fingerprint density at radius 3 is 2.78 bits per heavy atom. The molecule has 3 aliphatic heterocycles. The summed E-state index contributed by atoms with van der Waals surface area (Å²) in [6.07, 6.45) is 6.54.